The molecule has 0 aliphatic carbocycles. The summed E-state index contributed by atoms with van der Waals surface area (Å²) >= 11 is 0. The zero-order valence-electron chi connectivity index (χ0n) is 16.0. The molecule has 2 aromatic rings. The molecular weight excluding hydrogens is 402 g/mol. The lowest BCUT2D eigenvalue weighted by Crippen LogP contribution is -3.00. The molecule has 0 radical (unpaired) electrons. The fourth-order valence-electron chi connectivity index (χ4n) is 3.29. The highest BCUT2D eigenvalue weighted by Gasteiger charge is 2.15. The summed E-state index contributed by atoms with van der Waals surface area (Å²) < 4.78 is 25.3. The van der Waals surface area contributed by atoms with Gasteiger partial charge in [-0.25, -0.2) is 4.39 Å². The molecule has 0 saturated carbocycles. The lowest BCUT2D eigenvalue weighted by atomic mass is 9.98. The summed E-state index contributed by atoms with van der Waals surface area (Å²) in [5, 5.41) is 6.92. The first-order valence-electron chi connectivity index (χ1n) is 9.21. The Morgan fingerprint density at radius 2 is 1.75 bits per heavy atom. The highest BCUT2D eigenvalue weighted by atomic mass is 35.5. The molecule has 0 bridgehead atoms. The molecule has 2 N–H and O–H groups in total. The fraction of sp³-hybridized carbons (Fsp3) is 0.429. The largest absolute Gasteiger partial charge is 1.00 e. The van der Waals surface area contributed by atoms with Crippen LogP contribution < -0.4 is 44.9 Å². The Labute approximate surface area is 179 Å². The Balaban J connectivity index is 0.00000196. The van der Waals surface area contributed by atoms with Crippen LogP contribution in [0.5, 0.6) is 11.5 Å². The van der Waals surface area contributed by atoms with Crippen LogP contribution >= 0.6 is 0 Å². The third-order valence-electron chi connectivity index (χ3n) is 4.82. The quantitative estimate of drug-likeness (QED) is 0.488. The number of nitrogens with one attached hydrogen (secondary N) is 2. The van der Waals surface area contributed by atoms with Crippen LogP contribution in [0, 0.1) is 11.7 Å². The monoisotopic (exact) mass is 428 g/mol. The standard InChI is InChI=1S/C21H27FN2O2.2ClH/c1-25-20-8-4-6-17(14-24-13-16-9-11-23-12-10-16)21(20)26-15-18-5-2-3-7-19(18)22;;/h2-8,16,23-24H,9-15H2,1H3;2*1H/p-2. The molecule has 7 heteroatoms. The molecule has 28 heavy (non-hydrogen) atoms. The van der Waals surface area contributed by atoms with Gasteiger partial charge < -0.3 is 44.9 Å². The predicted molar refractivity (Wildman–Crippen MR) is 101 cm³/mol. The van der Waals surface area contributed by atoms with Gasteiger partial charge in [0.2, 0.25) is 0 Å². The molecule has 1 aliphatic heterocycles. The van der Waals surface area contributed by atoms with Gasteiger partial charge in [0, 0.05) is 17.7 Å². The number of hydrogen-bond acceptors (Lipinski definition) is 4. The van der Waals surface area contributed by atoms with Crippen LogP contribution in [0.4, 0.5) is 4.39 Å². The second-order valence-electron chi connectivity index (χ2n) is 6.65. The van der Waals surface area contributed by atoms with Crippen molar-refractivity contribution >= 4 is 0 Å². The van der Waals surface area contributed by atoms with Crippen LogP contribution in [0.2, 0.25) is 0 Å². The summed E-state index contributed by atoms with van der Waals surface area (Å²) in [6.45, 7) is 4.07. The maximum absolute atomic E-state index is 13.9. The van der Waals surface area contributed by atoms with Crippen molar-refractivity contribution in [3.05, 3.63) is 59.4 Å². The topological polar surface area (TPSA) is 42.5 Å². The third-order valence-corrected chi connectivity index (χ3v) is 4.82. The summed E-state index contributed by atoms with van der Waals surface area (Å²) in [5.74, 6) is 1.80. The SMILES string of the molecule is COc1cccc(CNCC2CCNCC2)c1OCc1ccccc1F.[Cl-].[Cl-]. The van der Waals surface area contributed by atoms with Gasteiger partial charge in [0.05, 0.1) is 7.11 Å². The smallest absolute Gasteiger partial charge is 0.166 e. The number of piperidine rings is 1. The van der Waals surface area contributed by atoms with E-state index < -0.39 is 0 Å². The first-order chi connectivity index (χ1) is 12.8. The van der Waals surface area contributed by atoms with E-state index in [9.17, 15) is 4.39 Å². The molecule has 3 rings (SSSR count). The number of ether oxygens (including phenoxy) is 2. The zero-order valence-corrected chi connectivity index (χ0v) is 17.5. The minimum absolute atomic E-state index is 0. The average Bonchev–Trinajstić information content (AvgIpc) is 2.68. The molecule has 0 aromatic heterocycles. The van der Waals surface area contributed by atoms with Gasteiger partial charge >= 0.3 is 0 Å². The van der Waals surface area contributed by atoms with E-state index in [-0.39, 0.29) is 37.2 Å². The summed E-state index contributed by atoms with van der Waals surface area (Å²) in [6.07, 6.45) is 2.42. The number of hydrogen-bond donors (Lipinski definition) is 2. The Kier molecular flexibility index (Phi) is 11.2. The lowest BCUT2D eigenvalue weighted by molar-refractivity contribution is -0.00100. The molecule has 1 saturated heterocycles. The molecule has 2 aromatic carbocycles. The van der Waals surface area contributed by atoms with Crippen LogP contribution in [-0.2, 0) is 13.2 Å². The summed E-state index contributed by atoms with van der Waals surface area (Å²) in [7, 11) is 1.62. The van der Waals surface area contributed by atoms with Gasteiger partial charge in [0.15, 0.2) is 11.5 Å². The molecule has 1 heterocycles. The summed E-state index contributed by atoms with van der Waals surface area (Å²) in [5.41, 5.74) is 1.56. The number of methoxy groups -OCH3 is 1. The van der Waals surface area contributed by atoms with Crippen LogP contribution in [-0.4, -0.2) is 26.7 Å². The molecule has 0 unspecified atom stereocenters. The van der Waals surface area contributed by atoms with Gasteiger partial charge in [0.25, 0.3) is 0 Å². The molecule has 0 amide bonds. The van der Waals surface area contributed by atoms with E-state index >= 15 is 0 Å². The Morgan fingerprint density at radius 1 is 1.04 bits per heavy atom. The number of rotatable bonds is 8. The Bertz CT molecular complexity index is 713. The maximum atomic E-state index is 13.9. The van der Waals surface area contributed by atoms with Gasteiger partial charge in [-0.2, -0.15) is 0 Å². The van der Waals surface area contributed by atoms with Crippen molar-refractivity contribution in [2.45, 2.75) is 26.0 Å². The van der Waals surface area contributed by atoms with Gasteiger partial charge in [-0.1, -0.05) is 30.3 Å². The van der Waals surface area contributed by atoms with Crippen molar-refractivity contribution < 1.29 is 38.7 Å². The van der Waals surface area contributed by atoms with Gasteiger partial charge in [-0.3, -0.25) is 0 Å². The van der Waals surface area contributed by atoms with Gasteiger partial charge in [-0.05, 0) is 50.5 Å². The maximum Gasteiger partial charge on any atom is 0.166 e. The van der Waals surface area contributed by atoms with E-state index in [0.29, 0.717) is 29.5 Å². The minimum Gasteiger partial charge on any atom is -1.00 e. The van der Waals surface area contributed by atoms with Gasteiger partial charge in [0.1, 0.15) is 12.4 Å². The van der Waals surface area contributed by atoms with E-state index in [2.05, 4.69) is 10.6 Å². The highest BCUT2D eigenvalue weighted by Crippen LogP contribution is 2.32. The first-order valence-corrected chi connectivity index (χ1v) is 9.21. The normalized spacial score (nSPS) is 13.9. The second-order valence-corrected chi connectivity index (χ2v) is 6.65. The van der Waals surface area contributed by atoms with E-state index in [1.807, 2.05) is 24.3 Å². The first kappa shape index (κ1) is 24.5. The molecule has 156 valence electrons. The van der Waals surface area contributed by atoms with Gasteiger partial charge in [-0.15, -0.1) is 0 Å². The van der Waals surface area contributed by atoms with E-state index in [0.717, 1.165) is 25.2 Å². The number of para-hydroxylation sites is 1. The van der Waals surface area contributed by atoms with Crippen molar-refractivity contribution in [1.29, 1.82) is 0 Å². The number of benzene rings is 2. The van der Waals surface area contributed by atoms with Crippen molar-refractivity contribution in [2.24, 2.45) is 5.92 Å². The fourth-order valence-corrected chi connectivity index (χ4v) is 3.29. The van der Waals surface area contributed by atoms with Crippen molar-refractivity contribution in [2.75, 3.05) is 26.7 Å². The molecule has 0 spiro atoms. The van der Waals surface area contributed by atoms with Crippen LogP contribution in [0.25, 0.3) is 0 Å². The Hall–Kier alpha value is -1.53. The summed E-state index contributed by atoms with van der Waals surface area (Å²) in [6, 6.07) is 12.5. The minimum atomic E-state index is -0.256. The van der Waals surface area contributed by atoms with E-state index in [1.165, 1.54) is 18.9 Å². The molecule has 0 atom stereocenters. The summed E-state index contributed by atoms with van der Waals surface area (Å²) in [4.78, 5) is 0. The van der Waals surface area contributed by atoms with Crippen molar-refractivity contribution in [3.8, 4) is 11.5 Å². The predicted octanol–water partition coefficient (Wildman–Crippen LogP) is -2.49. The van der Waals surface area contributed by atoms with Crippen LogP contribution in [0.15, 0.2) is 42.5 Å². The van der Waals surface area contributed by atoms with Crippen LogP contribution in [0.1, 0.15) is 24.0 Å². The molecule has 4 nitrogen and oxygen atoms in total. The van der Waals surface area contributed by atoms with Crippen molar-refractivity contribution in [3.63, 3.8) is 0 Å². The third kappa shape index (κ3) is 6.82. The average molecular weight is 429 g/mol. The Morgan fingerprint density at radius 3 is 2.46 bits per heavy atom. The molecule has 1 aliphatic rings. The molecule has 1 fully saturated rings. The van der Waals surface area contributed by atoms with E-state index in [1.54, 1.807) is 19.2 Å². The molecular formula is C21H27Cl2FN2O2-2. The van der Waals surface area contributed by atoms with E-state index in [4.69, 9.17) is 9.47 Å². The lowest BCUT2D eigenvalue weighted by Gasteiger charge is -2.23. The number of halogens is 3. The second kappa shape index (κ2) is 12.8. The zero-order chi connectivity index (χ0) is 18.2. The van der Waals surface area contributed by atoms with Crippen molar-refractivity contribution in [1.82, 2.24) is 10.6 Å². The highest BCUT2D eigenvalue weighted by molar-refractivity contribution is 5.46. The van der Waals surface area contributed by atoms with Crippen LogP contribution in [0.3, 0.4) is 0 Å².